The maximum Gasteiger partial charge on any atom is 0.356 e. The molecule has 1 aromatic heterocycles. The highest BCUT2D eigenvalue weighted by Crippen LogP contribution is 2.20. The molecule has 0 saturated heterocycles. The predicted molar refractivity (Wildman–Crippen MR) is 71.5 cm³/mol. The van der Waals surface area contributed by atoms with Crippen molar-refractivity contribution in [3.05, 3.63) is 45.7 Å². The van der Waals surface area contributed by atoms with Crippen LogP contribution in [0, 0.1) is 0 Å². The molecule has 0 spiro atoms. The van der Waals surface area contributed by atoms with Crippen LogP contribution in [0.5, 0.6) is 0 Å². The van der Waals surface area contributed by atoms with Crippen LogP contribution in [0.3, 0.4) is 0 Å². The van der Waals surface area contributed by atoms with Crippen molar-refractivity contribution in [3.63, 3.8) is 0 Å². The molecule has 1 heterocycles. The Bertz CT molecular complexity index is 587. The number of carbonyl (C=O) groups excluding carboxylic acids is 1. The molecule has 0 amide bonds. The number of benzene rings is 1. The van der Waals surface area contributed by atoms with E-state index in [0.29, 0.717) is 5.82 Å². The largest absolute Gasteiger partial charge is 0.464 e. The average molecular weight is 328 g/mol. The third kappa shape index (κ3) is 2.86. The Hall–Kier alpha value is -1.46. The highest BCUT2D eigenvalue weighted by Gasteiger charge is 2.12. The Balaban J connectivity index is 2.48. The number of aromatic nitrogens is 2. The number of rotatable bonds is 2. The number of carbonyl (C=O) groups is 1. The zero-order valence-corrected chi connectivity index (χ0v) is 11.7. The lowest BCUT2D eigenvalue weighted by atomic mass is 10.2. The molecule has 0 atom stereocenters. The van der Waals surface area contributed by atoms with E-state index in [9.17, 15) is 4.79 Å². The summed E-state index contributed by atoms with van der Waals surface area (Å²) in [6.07, 6.45) is 0. The van der Waals surface area contributed by atoms with Crippen LogP contribution in [0.1, 0.15) is 10.5 Å². The zero-order chi connectivity index (χ0) is 13.1. The molecule has 2 aromatic rings. The summed E-state index contributed by atoms with van der Waals surface area (Å²) in [5, 5.41) is 0.198. The Labute approximate surface area is 117 Å². The first-order valence-corrected chi connectivity index (χ1v) is 6.16. The van der Waals surface area contributed by atoms with Gasteiger partial charge in [-0.15, -0.1) is 0 Å². The lowest BCUT2D eigenvalue weighted by Gasteiger charge is -2.04. The molecule has 0 fully saturated rings. The molecule has 0 radical (unpaired) electrons. The summed E-state index contributed by atoms with van der Waals surface area (Å²) in [6, 6.07) is 8.75. The Morgan fingerprint density at radius 1 is 1.28 bits per heavy atom. The third-order valence-corrected chi connectivity index (χ3v) is 2.91. The van der Waals surface area contributed by atoms with E-state index < -0.39 is 5.97 Å². The van der Waals surface area contributed by atoms with E-state index in [1.807, 2.05) is 24.3 Å². The molecular formula is C12H8BrClN2O2. The van der Waals surface area contributed by atoms with Crippen LogP contribution in [0.15, 0.2) is 34.8 Å². The van der Waals surface area contributed by atoms with Gasteiger partial charge in [0, 0.05) is 16.1 Å². The summed E-state index contributed by atoms with van der Waals surface area (Å²) in [5.41, 5.74) is 0.904. The second-order valence-corrected chi connectivity index (χ2v) is 4.70. The number of ether oxygens (including phenoxy) is 1. The summed E-state index contributed by atoms with van der Waals surface area (Å²) >= 11 is 9.20. The van der Waals surface area contributed by atoms with Gasteiger partial charge in [-0.25, -0.2) is 14.8 Å². The molecule has 2 rings (SSSR count). The van der Waals surface area contributed by atoms with Crippen LogP contribution in [-0.2, 0) is 4.74 Å². The Kier molecular flexibility index (Phi) is 3.93. The third-order valence-electron chi connectivity index (χ3n) is 2.19. The number of nitrogens with zero attached hydrogens (tertiary/aromatic N) is 2. The summed E-state index contributed by atoms with van der Waals surface area (Å²) < 4.78 is 5.55. The van der Waals surface area contributed by atoms with Crippen molar-refractivity contribution in [2.75, 3.05) is 7.11 Å². The minimum Gasteiger partial charge on any atom is -0.464 e. The van der Waals surface area contributed by atoms with Crippen molar-refractivity contribution in [1.82, 2.24) is 9.97 Å². The topological polar surface area (TPSA) is 52.1 Å². The van der Waals surface area contributed by atoms with Gasteiger partial charge in [-0.2, -0.15) is 0 Å². The van der Waals surface area contributed by atoms with Crippen LogP contribution < -0.4 is 0 Å². The van der Waals surface area contributed by atoms with E-state index in [2.05, 4.69) is 30.6 Å². The summed E-state index contributed by atoms with van der Waals surface area (Å²) in [6.45, 7) is 0. The second kappa shape index (κ2) is 5.46. The van der Waals surface area contributed by atoms with Crippen LogP contribution >= 0.6 is 27.5 Å². The van der Waals surface area contributed by atoms with Gasteiger partial charge in [0.25, 0.3) is 0 Å². The van der Waals surface area contributed by atoms with Crippen LogP contribution in [-0.4, -0.2) is 23.0 Å². The van der Waals surface area contributed by atoms with E-state index in [1.54, 1.807) is 0 Å². The molecule has 92 valence electrons. The molecule has 18 heavy (non-hydrogen) atoms. The summed E-state index contributed by atoms with van der Waals surface area (Å²) in [5.74, 6) is -0.159. The monoisotopic (exact) mass is 326 g/mol. The van der Waals surface area contributed by atoms with Gasteiger partial charge in [-0.1, -0.05) is 39.7 Å². The molecule has 0 bridgehead atoms. The van der Waals surface area contributed by atoms with Gasteiger partial charge >= 0.3 is 5.97 Å². The van der Waals surface area contributed by atoms with E-state index >= 15 is 0 Å². The first-order valence-electron chi connectivity index (χ1n) is 4.99. The lowest BCUT2D eigenvalue weighted by molar-refractivity contribution is 0.0594. The molecule has 0 N–H and O–H groups in total. The first-order chi connectivity index (χ1) is 8.60. The zero-order valence-electron chi connectivity index (χ0n) is 9.35. The maximum absolute atomic E-state index is 11.4. The maximum atomic E-state index is 11.4. The smallest absolute Gasteiger partial charge is 0.356 e. The SMILES string of the molecule is COC(=O)c1cc(Cl)nc(-c2ccc(Br)cc2)n1. The molecule has 0 aliphatic carbocycles. The van der Waals surface area contributed by atoms with Gasteiger partial charge in [0.05, 0.1) is 7.11 Å². The summed E-state index contributed by atoms with van der Waals surface area (Å²) in [4.78, 5) is 19.6. The molecule has 0 unspecified atom stereocenters. The number of hydrogen-bond donors (Lipinski definition) is 0. The molecule has 0 aliphatic rings. The molecule has 6 heteroatoms. The van der Waals surface area contributed by atoms with Gasteiger partial charge in [0.1, 0.15) is 5.15 Å². The molecule has 0 saturated carbocycles. The van der Waals surface area contributed by atoms with E-state index in [1.165, 1.54) is 13.2 Å². The fourth-order valence-corrected chi connectivity index (χ4v) is 1.80. The summed E-state index contributed by atoms with van der Waals surface area (Å²) in [7, 11) is 1.29. The quantitative estimate of drug-likeness (QED) is 0.627. The Morgan fingerprint density at radius 2 is 1.94 bits per heavy atom. The highest BCUT2D eigenvalue weighted by atomic mass is 79.9. The van der Waals surface area contributed by atoms with Gasteiger partial charge in [-0.05, 0) is 12.1 Å². The van der Waals surface area contributed by atoms with Crippen LogP contribution in [0.4, 0.5) is 0 Å². The number of halogens is 2. The number of methoxy groups -OCH3 is 1. The fraction of sp³-hybridized carbons (Fsp3) is 0.0833. The lowest BCUT2D eigenvalue weighted by Crippen LogP contribution is -2.06. The fourth-order valence-electron chi connectivity index (χ4n) is 1.35. The number of hydrogen-bond acceptors (Lipinski definition) is 4. The van der Waals surface area contributed by atoms with Crippen LogP contribution in [0.2, 0.25) is 5.15 Å². The molecular weight excluding hydrogens is 320 g/mol. The highest BCUT2D eigenvalue weighted by molar-refractivity contribution is 9.10. The van der Waals surface area contributed by atoms with Gasteiger partial charge in [0.2, 0.25) is 0 Å². The van der Waals surface area contributed by atoms with Gasteiger partial charge < -0.3 is 4.74 Å². The average Bonchev–Trinajstić information content (AvgIpc) is 2.38. The Morgan fingerprint density at radius 3 is 2.56 bits per heavy atom. The normalized spacial score (nSPS) is 10.2. The minimum absolute atomic E-state index is 0.135. The predicted octanol–water partition coefficient (Wildman–Crippen LogP) is 3.35. The first kappa shape index (κ1) is 13.0. The van der Waals surface area contributed by atoms with Crippen molar-refractivity contribution >= 4 is 33.5 Å². The number of esters is 1. The van der Waals surface area contributed by atoms with Crippen molar-refractivity contribution in [2.24, 2.45) is 0 Å². The van der Waals surface area contributed by atoms with Crippen molar-refractivity contribution in [3.8, 4) is 11.4 Å². The van der Waals surface area contributed by atoms with Crippen LogP contribution in [0.25, 0.3) is 11.4 Å². The standard InChI is InChI=1S/C12H8BrClN2O2/c1-18-12(17)9-6-10(14)16-11(15-9)7-2-4-8(13)5-3-7/h2-6H,1H3. The molecule has 0 aliphatic heterocycles. The van der Waals surface area contributed by atoms with Crippen molar-refractivity contribution < 1.29 is 9.53 Å². The van der Waals surface area contributed by atoms with Gasteiger partial charge in [-0.3, -0.25) is 0 Å². The van der Waals surface area contributed by atoms with E-state index in [-0.39, 0.29) is 10.8 Å². The molecule has 4 nitrogen and oxygen atoms in total. The van der Waals surface area contributed by atoms with Crippen molar-refractivity contribution in [1.29, 1.82) is 0 Å². The van der Waals surface area contributed by atoms with Gasteiger partial charge in [0.15, 0.2) is 11.5 Å². The van der Waals surface area contributed by atoms with Crippen molar-refractivity contribution in [2.45, 2.75) is 0 Å². The van der Waals surface area contributed by atoms with E-state index in [0.717, 1.165) is 10.0 Å². The second-order valence-electron chi connectivity index (χ2n) is 3.40. The molecule has 1 aromatic carbocycles. The van der Waals surface area contributed by atoms with E-state index in [4.69, 9.17) is 11.6 Å². The minimum atomic E-state index is -0.544.